The van der Waals surface area contributed by atoms with E-state index in [4.69, 9.17) is 10.2 Å². The molecule has 0 aromatic carbocycles. The van der Waals surface area contributed by atoms with Crippen LogP contribution in [-0.2, 0) is 0 Å². The van der Waals surface area contributed by atoms with Gasteiger partial charge in [-0.05, 0) is 80.5 Å². The molecule has 0 unspecified atom stereocenters. The van der Waals surface area contributed by atoms with Crippen molar-refractivity contribution in [1.29, 1.82) is 0 Å². The smallest absolute Gasteiger partial charge is 0.131 e. The fourth-order valence-corrected chi connectivity index (χ4v) is 3.31. The van der Waals surface area contributed by atoms with Crippen LogP contribution in [0, 0.1) is 12.8 Å². The van der Waals surface area contributed by atoms with Crippen LogP contribution >= 0.6 is 0 Å². The van der Waals surface area contributed by atoms with Crippen molar-refractivity contribution in [3.63, 3.8) is 0 Å². The van der Waals surface area contributed by atoms with Gasteiger partial charge in [-0.3, -0.25) is 0 Å². The molecule has 2 N–H and O–H groups in total. The zero-order valence-electron chi connectivity index (χ0n) is 15.7. The summed E-state index contributed by atoms with van der Waals surface area (Å²) in [6.07, 6.45) is 13.2. The van der Waals surface area contributed by atoms with Crippen LogP contribution in [0.1, 0.15) is 37.5 Å². The lowest BCUT2D eigenvalue weighted by Crippen LogP contribution is -2.20. The maximum atomic E-state index is 5.94. The average molecular weight is 338 g/mol. The maximum absolute atomic E-state index is 5.94. The molecule has 0 aliphatic heterocycles. The highest BCUT2D eigenvalue weighted by atomic mass is 16.3. The van der Waals surface area contributed by atoms with Gasteiger partial charge in [-0.15, -0.1) is 0 Å². The predicted octanol–water partition coefficient (Wildman–Crippen LogP) is 5.19. The van der Waals surface area contributed by atoms with Gasteiger partial charge in [0.05, 0.1) is 6.26 Å². The lowest BCUT2D eigenvalue weighted by Gasteiger charge is -2.27. The quantitative estimate of drug-likeness (QED) is 0.696. The van der Waals surface area contributed by atoms with Crippen LogP contribution in [0.3, 0.4) is 0 Å². The van der Waals surface area contributed by atoms with E-state index in [0.29, 0.717) is 12.5 Å². The third kappa shape index (κ3) is 4.43. The van der Waals surface area contributed by atoms with Gasteiger partial charge in [-0.25, -0.2) is 0 Å². The van der Waals surface area contributed by atoms with Crippen LogP contribution in [0.2, 0.25) is 0 Å². The van der Waals surface area contributed by atoms with Gasteiger partial charge in [0.15, 0.2) is 0 Å². The van der Waals surface area contributed by atoms with Gasteiger partial charge in [-0.2, -0.15) is 0 Å². The first kappa shape index (κ1) is 19.1. The summed E-state index contributed by atoms with van der Waals surface area (Å²) in [5.74, 6) is 1.29. The molecule has 1 heterocycles. The summed E-state index contributed by atoms with van der Waals surface area (Å²) in [4.78, 5) is 2.13. The van der Waals surface area contributed by atoms with E-state index in [1.807, 2.05) is 31.2 Å². The number of rotatable bonds is 7. The van der Waals surface area contributed by atoms with E-state index in [-0.39, 0.29) is 0 Å². The van der Waals surface area contributed by atoms with E-state index in [1.165, 1.54) is 17.6 Å². The Morgan fingerprint density at radius 2 is 2.16 bits per heavy atom. The van der Waals surface area contributed by atoms with Gasteiger partial charge in [0.2, 0.25) is 0 Å². The van der Waals surface area contributed by atoms with Crippen molar-refractivity contribution >= 4 is 6.08 Å². The zero-order chi connectivity index (χ0) is 18.4. The van der Waals surface area contributed by atoms with Crippen LogP contribution in [0.15, 0.2) is 70.7 Å². The Labute approximate surface area is 151 Å². The number of allylic oxidation sites excluding steroid dienone is 5. The normalized spacial score (nSPS) is 19.1. The first-order valence-corrected chi connectivity index (χ1v) is 8.87. The summed E-state index contributed by atoms with van der Waals surface area (Å²) in [7, 11) is 2.05. The van der Waals surface area contributed by atoms with Gasteiger partial charge in [0.1, 0.15) is 5.76 Å². The summed E-state index contributed by atoms with van der Waals surface area (Å²) >= 11 is 0. The molecule has 0 saturated carbocycles. The van der Waals surface area contributed by atoms with Gasteiger partial charge in [-0.1, -0.05) is 19.2 Å². The van der Waals surface area contributed by atoms with Crippen molar-refractivity contribution in [2.75, 3.05) is 13.6 Å². The standard InChI is InChI=1S/C22H30N2O/c1-6-20(14-22-16(3)11-12-25-22)24(5)17(4)13-18-9-8-10-19(15-23)21(18)7-2/h6-7,11-14,19H,1-2,8-10,15,23H2,3-5H3/b17-13+,20-14+/t19-/m0/s1. The van der Waals surface area contributed by atoms with Crippen LogP contribution in [0.5, 0.6) is 0 Å². The Morgan fingerprint density at radius 1 is 1.40 bits per heavy atom. The van der Waals surface area contributed by atoms with Crippen LogP contribution < -0.4 is 5.73 Å². The van der Waals surface area contributed by atoms with Gasteiger partial charge in [0, 0.05) is 24.5 Å². The molecule has 1 aromatic rings. The molecule has 0 amide bonds. The highest BCUT2D eigenvalue weighted by molar-refractivity contribution is 5.54. The predicted molar refractivity (Wildman–Crippen MR) is 107 cm³/mol. The molecule has 1 atom stereocenters. The molecule has 1 aliphatic carbocycles. The highest BCUT2D eigenvalue weighted by Crippen LogP contribution is 2.32. The van der Waals surface area contributed by atoms with Crippen molar-refractivity contribution < 1.29 is 4.42 Å². The number of nitrogens with zero attached hydrogens (tertiary/aromatic N) is 1. The maximum Gasteiger partial charge on any atom is 0.131 e. The van der Waals surface area contributed by atoms with Crippen molar-refractivity contribution in [1.82, 2.24) is 4.90 Å². The zero-order valence-corrected chi connectivity index (χ0v) is 15.7. The van der Waals surface area contributed by atoms with E-state index >= 15 is 0 Å². The number of likely N-dealkylation sites (N-methyl/N-ethyl adjacent to an activating group) is 1. The summed E-state index contributed by atoms with van der Waals surface area (Å²) in [6.45, 7) is 12.8. The first-order valence-electron chi connectivity index (χ1n) is 8.87. The minimum absolute atomic E-state index is 0.427. The van der Waals surface area contributed by atoms with Crippen molar-refractivity contribution in [2.24, 2.45) is 11.7 Å². The van der Waals surface area contributed by atoms with Crippen LogP contribution in [0.25, 0.3) is 6.08 Å². The first-order chi connectivity index (χ1) is 12.0. The van der Waals surface area contributed by atoms with Crippen LogP contribution in [-0.4, -0.2) is 18.5 Å². The molecule has 0 spiro atoms. The Hall–Kier alpha value is -2.26. The largest absolute Gasteiger partial charge is 0.465 e. The SMILES string of the molecule is C=CC1=C(/C=C(\C)N(C)/C(C=C)=C/c2occc2C)CCC[C@H]1CN. The molecule has 25 heavy (non-hydrogen) atoms. The van der Waals surface area contributed by atoms with Gasteiger partial charge >= 0.3 is 0 Å². The monoisotopic (exact) mass is 338 g/mol. The van der Waals surface area contributed by atoms with Gasteiger partial charge < -0.3 is 15.1 Å². The summed E-state index contributed by atoms with van der Waals surface area (Å²) < 4.78 is 5.53. The number of nitrogens with two attached hydrogens (primary N) is 1. The van der Waals surface area contributed by atoms with Crippen molar-refractivity contribution in [3.05, 3.63) is 77.6 Å². The molecule has 2 rings (SSSR count). The molecule has 0 radical (unpaired) electrons. The highest BCUT2D eigenvalue weighted by Gasteiger charge is 2.19. The molecule has 0 bridgehead atoms. The Balaban J connectivity index is 2.32. The minimum atomic E-state index is 0.427. The second-order valence-electron chi connectivity index (χ2n) is 6.60. The van der Waals surface area contributed by atoms with Crippen LogP contribution in [0.4, 0.5) is 0 Å². The fraction of sp³-hybridized carbons (Fsp3) is 0.364. The van der Waals surface area contributed by atoms with Crippen molar-refractivity contribution in [2.45, 2.75) is 33.1 Å². The van der Waals surface area contributed by atoms with Gasteiger partial charge in [0.25, 0.3) is 0 Å². The lowest BCUT2D eigenvalue weighted by atomic mass is 9.82. The Morgan fingerprint density at radius 3 is 2.72 bits per heavy atom. The average Bonchev–Trinajstić information content (AvgIpc) is 3.03. The third-order valence-electron chi connectivity index (χ3n) is 5.00. The second kappa shape index (κ2) is 8.72. The molecule has 134 valence electrons. The number of furan rings is 1. The molecule has 1 aliphatic rings. The Kier molecular flexibility index (Phi) is 6.65. The summed E-state index contributed by atoms with van der Waals surface area (Å²) in [5.41, 5.74) is 11.8. The topological polar surface area (TPSA) is 42.4 Å². The van der Waals surface area contributed by atoms with E-state index in [0.717, 1.165) is 35.6 Å². The van der Waals surface area contributed by atoms with E-state index in [9.17, 15) is 0 Å². The van der Waals surface area contributed by atoms with E-state index < -0.39 is 0 Å². The number of hydrogen-bond acceptors (Lipinski definition) is 3. The second-order valence-corrected chi connectivity index (χ2v) is 6.60. The number of hydrogen-bond donors (Lipinski definition) is 1. The Bertz CT molecular complexity index is 718. The molecular weight excluding hydrogens is 308 g/mol. The number of aryl methyl sites for hydroxylation is 1. The van der Waals surface area contributed by atoms with E-state index in [2.05, 4.69) is 38.1 Å². The molecular formula is C22H30N2O. The molecule has 1 aromatic heterocycles. The summed E-state index contributed by atoms with van der Waals surface area (Å²) in [6, 6.07) is 1.96. The fourth-order valence-electron chi connectivity index (χ4n) is 3.31. The molecule has 3 nitrogen and oxygen atoms in total. The van der Waals surface area contributed by atoms with Crippen molar-refractivity contribution in [3.8, 4) is 0 Å². The molecule has 0 fully saturated rings. The molecule has 0 saturated heterocycles. The minimum Gasteiger partial charge on any atom is -0.465 e. The summed E-state index contributed by atoms with van der Waals surface area (Å²) in [5, 5.41) is 0. The molecule has 3 heteroatoms. The lowest BCUT2D eigenvalue weighted by molar-refractivity contribution is 0.513. The third-order valence-corrected chi connectivity index (χ3v) is 5.00. The van der Waals surface area contributed by atoms with E-state index in [1.54, 1.807) is 6.26 Å².